The Hall–Kier alpha value is -3.68. The molecule has 1 saturated heterocycles. The molecule has 8 heteroatoms. The molecule has 1 fully saturated rings. The molecule has 6 nitrogen and oxygen atoms in total. The van der Waals surface area contributed by atoms with Gasteiger partial charge in [-0.2, -0.15) is 0 Å². The van der Waals surface area contributed by atoms with Gasteiger partial charge in [0.2, 0.25) is 5.72 Å². The SMILES string of the molecule is COc1cc(/C=C2\CCCN3C2=NOC3(C)c2ccc(F)c(F)c2)ccc1-n1cnc(C)c1. The molecule has 2 aliphatic rings. The Morgan fingerprint density at radius 2 is 2.00 bits per heavy atom. The van der Waals surface area contributed by atoms with Gasteiger partial charge in [0.25, 0.3) is 0 Å². The van der Waals surface area contributed by atoms with E-state index in [1.807, 2.05) is 47.7 Å². The molecule has 0 radical (unpaired) electrons. The lowest BCUT2D eigenvalue weighted by molar-refractivity contribution is -0.0915. The molecule has 0 aliphatic carbocycles. The average molecular weight is 450 g/mol. The van der Waals surface area contributed by atoms with Gasteiger partial charge in [0.05, 0.1) is 24.8 Å². The third-order valence-corrected chi connectivity index (χ3v) is 6.19. The van der Waals surface area contributed by atoms with E-state index >= 15 is 0 Å². The number of hydrogen-bond acceptors (Lipinski definition) is 5. The second kappa shape index (κ2) is 8.03. The van der Waals surface area contributed by atoms with Gasteiger partial charge < -0.3 is 19.0 Å². The number of methoxy groups -OCH3 is 1. The number of piperidine rings is 1. The summed E-state index contributed by atoms with van der Waals surface area (Å²) in [6.07, 6.45) is 7.48. The van der Waals surface area contributed by atoms with Crippen LogP contribution in [0.5, 0.6) is 5.75 Å². The zero-order valence-electron chi connectivity index (χ0n) is 18.7. The summed E-state index contributed by atoms with van der Waals surface area (Å²) in [6.45, 7) is 4.47. The summed E-state index contributed by atoms with van der Waals surface area (Å²) in [5, 5.41) is 4.34. The first-order chi connectivity index (χ1) is 15.9. The summed E-state index contributed by atoms with van der Waals surface area (Å²) in [5.41, 5.74) is 3.33. The van der Waals surface area contributed by atoms with Gasteiger partial charge in [-0.15, -0.1) is 0 Å². The van der Waals surface area contributed by atoms with Crippen LogP contribution in [0.2, 0.25) is 0 Å². The summed E-state index contributed by atoms with van der Waals surface area (Å²) >= 11 is 0. The van der Waals surface area contributed by atoms with Crippen molar-refractivity contribution < 1.29 is 18.4 Å². The number of oxime groups is 1. The van der Waals surface area contributed by atoms with Crippen molar-refractivity contribution in [3.05, 3.63) is 83.0 Å². The molecule has 0 amide bonds. The molecule has 170 valence electrons. The van der Waals surface area contributed by atoms with E-state index in [-0.39, 0.29) is 0 Å². The van der Waals surface area contributed by atoms with E-state index < -0.39 is 17.4 Å². The van der Waals surface area contributed by atoms with Gasteiger partial charge in [-0.05, 0) is 67.3 Å². The van der Waals surface area contributed by atoms with Crippen LogP contribution < -0.4 is 4.74 Å². The predicted molar refractivity (Wildman–Crippen MR) is 121 cm³/mol. The van der Waals surface area contributed by atoms with Crippen molar-refractivity contribution >= 4 is 11.9 Å². The van der Waals surface area contributed by atoms with E-state index in [1.165, 1.54) is 12.1 Å². The Kier molecular flexibility index (Phi) is 5.15. The molecule has 1 aromatic heterocycles. The summed E-state index contributed by atoms with van der Waals surface area (Å²) in [4.78, 5) is 12.1. The highest BCUT2D eigenvalue weighted by atomic mass is 19.2. The van der Waals surface area contributed by atoms with Crippen molar-refractivity contribution in [1.82, 2.24) is 14.5 Å². The minimum Gasteiger partial charge on any atom is -0.495 e. The number of hydrogen-bond donors (Lipinski definition) is 0. The zero-order valence-corrected chi connectivity index (χ0v) is 18.7. The maximum atomic E-state index is 13.9. The van der Waals surface area contributed by atoms with Crippen molar-refractivity contribution in [2.24, 2.45) is 5.16 Å². The second-order valence-corrected chi connectivity index (χ2v) is 8.40. The van der Waals surface area contributed by atoms with Gasteiger partial charge in [0, 0.05) is 25.2 Å². The number of aryl methyl sites for hydroxylation is 1. The number of halogens is 2. The van der Waals surface area contributed by atoms with Gasteiger partial charge in [-0.1, -0.05) is 11.2 Å². The van der Waals surface area contributed by atoms with Crippen LogP contribution in [0, 0.1) is 18.6 Å². The summed E-state index contributed by atoms with van der Waals surface area (Å²) < 4.78 is 34.9. The summed E-state index contributed by atoms with van der Waals surface area (Å²) in [5.74, 6) is -0.352. The molecule has 2 aliphatic heterocycles. The van der Waals surface area contributed by atoms with Crippen LogP contribution in [-0.4, -0.2) is 33.9 Å². The Labute approximate surface area is 190 Å². The lowest BCUT2D eigenvalue weighted by Crippen LogP contribution is -2.47. The van der Waals surface area contributed by atoms with Crippen molar-refractivity contribution in [3.8, 4) is 11.4 Å². The van der Waals surface area contributed by atoms with Crippen LogP contribution in [0.1, 0.15) is 36.6 Å². The second-order valence-electron chi connectivity index (χ2n) is 8.40. The van der Waals surface area contributed by atoms with Crippen LogP contribution in [0.3, 0.4) is 0 Å². The number of amidine groups is 1. The first-order valence-electron chi connectivity index (χ1n) is 10.8. The Morgan fingerprint density at radius 1 is 1.15 bits per heavy atom. The lowest BCUT2D eigenvalue weighted by atomic mass is 9.95. The highest BCUT2D eigenvalue weighted by Gasteiger charge is 2.46. The van der Waals surface area contributed by atoms with E-state index in [1.54, 1.807) is 13.4 Å². The van der Waals surface area contributed by atoms with Gasteiger partial charge in [-0.25, -0.2) is 13.8 Å². The molecule has 0 bridgehead atoms. The van der Waals surface area contributed by atoms with Crippen LogP contribution in [0.4, 0.5) is 8.78 Å². The molecule has 2 aromatic carbocycles. The number of rotatable bonds is 4. The summed E-state index contributed by atoms with van der Waals surface area (Å²) in [7, 11) is 1.64. The number of fused-ring (bicyclic) bond motifs is 1. The average Bonchev–Trinajstić information content (AvgIpc) is 3.40. The van der Waals surface area contributed by atoms with Crippen molar-refractivity contribution in [2.75, 3.05) is 13.7 Å². The van der Waals surface area contributed by atoms with Crippen molar-refractivity contribution in [3.63, 3.8) is 0 Å². The third-order valence-electron chi connectivity index (χ3n) is 6.19. The third kappa shape index (κ3) is 3.65. The maximum Gasteiger partial charge on any atom is 0.234 e. The topological polar surface area (TPSA) is 51.9 Å². The molecule has 1 unspecified atom stereocenters. The van der Waals surface area contributed by atoms with Gasteiger partial charge in [0.1, 0.15) is 5.75 Å². The minimum atomic E-state index is -0.996. The molecular formula is C25H24F2N4O2. The monoisotopic (exact) mass is 450 g/mol. The van der Waals surface area contributed by atoms with E-state index in [0.717, 1.165) is 47.2 Å². The lowest BCUT2D eigenvalue weighted by Gasteiger charge is -2.37. The number of benzene rings is 2. The van der Waals surface area contributed by atoms with Crippen LogP contribution in [-0.2, 0) is 10.6 Å². The van der Waals surface area contributed by atoms with E-state index in [0.29, 0.717) is 17.9 Å². The quantitative estimate of drug-likeness (QED) is 0.551. The van der Waals surface area contributed by atoms with Crippen LogP contribution >= 0.6 is 0 Å². The van der Waals surface area contributed by atoms with Crippen LogP contribution in [0.15, 0.2) is 59.7 Å². The maximum absolute atomic E-state index is 13.9. The largest absolute Gasteiger partial charge is 0.495 e. The molecule has 33 heavy (non-hydrogen) atoms. The molecule has 0 N–H and O–H groups in total. The van der Waals surface area contributed by atoms with E-state index in [9.17, 15) is 8.78 Å². The number of nitrogens with zero attached hydrogens (tertiary/aromatic N) is 4. The predicted octanol–water partition coefficient (Wildman–Crippen LogP) is 5.16. The van der Waals surface area contributed by atoms with E-state index in [4.69, 9.17) is 9.57 Å². The fraction of sp³-hybridized carbons (Fsp3) is 0.280. The molecule has 0 spiro atoms. The molecule has 3 heterocycles. The van der Waals surface area contributed by atoms with Crippen molar-refractivity contribution in [2.45, 2.75) is 32.4 Å². The fourth-order valence-corrected chi connectivity index (χ4v) is 4.40. The van der Waals surface area contributed by atoms with E-state index in [2.05, 4.69) is 16.2 Å². The summed E-state index contributed by atoms with van der Waals surface area (Å²) in [6, 6.07) is 9.81. The number of imidazole rings is 1. The fourth-order valence-electron chi connectivity index (χ4n) is 4.40. The minimum absolute atomic E-state index is 0.517. The molecule has 3 aromatic rings. The molecular weight excluding hydrogens is 426 g/mol. The Morgan fingerprint density at radius 3 is 2.73 bits per heavy atom. The normalized spacial score (nSPS) is 21.1. The zero-order chi connectivity index (χ0) is 23.2. The van der Waals surface area contributed by atoms with Gasteiger partial charge >= 0.3 is 0 Å². The Bertz CT molecular complexity index is 1280. The smallest absolute Gasteiger partial charge is 0.234 e. The molecule has 5 rings (SSSR count). The first kappa shape index (κ1) is 21.2. The van der Waals surface area contributed by atoms with Gasteiger partial charge in [-0.3, -0.25) is 0 Å². The van der Waals surface area contributed by atoms with Gasteiger partial charge in [0.15, 0.2) is 17.5 Å². The first-order valence-corrected chi connectivity index (χ1v) is 10.8. The van der Waals surface area contributed by atoms with Crippen LogP contribution in [0.25, 0.3) is 11.8 Å². The molecule has 1 atom stereocenters. The number of aromatic nitrogens is 2. The highest BCUT2D eigenvalue weighted by Crippen LogP contribution is 2.40. The molecule has 0 saturated carbocycles. The number of ether oxygens (including phenoxy) is 1. The standard InChI is InChI=1S/C25H24F2N4O2/c1-16-14-30(15-28-16)22-9-6-17(12-23(22)32-3)11-18-5-4-10-31-24(18)29-33-25(31,2)19-7-8-20(26)21(27)13-19/h6-9,11-15H,4-5,10H2,1-3H3/b18-11+. The van der Waals surface area contributed by atoms with Crippen molar-refractivity contribution in [1.29, 1.82) is 0 Å². The Balaban J connectivity index is 1.46. The highest BCUT2D eigenvalue weighted by molar-refractivity contribution is 6.03.